The summed E-state index contributed by atoms with van der Waals surface area (Å²) in [5, 5.41) is 5.03. The van der Waals surface area contributed by atoms with Crippen molar-refractivity contribution in [1.29, 1.82) is 0 Å². The summed E-state index contributed by atoms with van der Waals surface area (Å²) in [4.78, 5) is 22.3. The fraction of sp³-hybridized carbons (Fsp3) is 0.200. The van der Waals surface area contributed by atoms with Gasteiger partial charge in [-0.25, -0.2) is 4.79 Å². The molecule has 0 radical (unpaired) electrons. The third-order valence-corrected chi connectivity index (χ3v) is 2.58. The monoisotopic (exact) mass is 240 g/mol. The molecule has 0 unspecified atom stereocenters. The van der Waals surface area contributed by atoms with Gasteiger partial charge in [0.05, 0.1) is 12.1 Å². The zero-order valence-corrected chi connectivity index (χ0v) is 9.17. The number of ether oxygens (including phenoxy) is 1. The van der Waals surface area contributed by atoms with Crippen LogP contribution in [0.1, 0.15) is 11.6 Å². The molecule has 84 valence electrons. The van der Waals surface area contributed by atoms with Gasteiger partial charge < -0.3 is 10.1 Å². The second-order valence-electron chi connectivity index (χ2n) is 3.29. The Kier molecular flexibility index (Phi) is 2.70. The Hall–Kier alpha value is -1.75. The molecule has 1 heterocycles. The summed E-state index contributed by atoms with van der Waals surface area (Å²) in [6.45, 7) is 0. The smallest absolute Gasteiger partial charge is 0.322 e. The lowest BCUT2D eigenvalue weighted by Gasteiger charge is -2.09. The zero-order chi connectivity index (χ0) is 11.7. The molecule has 6 heteroatoms. The molecule has 1 aliphatic heterocycles. The Morgan fingerprint density at radius 2 is 2.12 bits per heavy atom. The van der Waals surface area contributed by atoms with Crippen LogP contribution in [0.4, 0.5) is 4.79 Å². The van der Waals surface area contributed by atoms with E-state index in [0.29, 0.717) is 16.3 Å². The molecular weight excluding hydrogens is 232 g/mol. The van der Waals surface area contributed by atoms with E-state index in [0.717, 1.165) is 0 Å². The van der Waals surface area contributed by atoms with Crippen LogP contribution in [-0.4, -0.2) is 19.0 Å². The number of imide groups is 1. The standard InChI is InChI=1S/C10H9ClN2O3/c1-16-7-3-2-5(4-6(7)11)8-9(14)13-10(15)12-8/h2-4,8H,1H3,(H2,12,13,14,15)/t8-/m0/s1. The first-order chi connectivity index (χ1) is 7.61. The number of nitrogens with one attached hydrogen (secondary N) is 2. The van der Waals surface area contributed by atoms with E-state index in [2.05, 4.69) is 10.6 Å². The minimum atomic E-state index is -0.684. The Balaban J connectivity index is 2.31. The quantitative estimate of drug-likeness (QED) is 0.764. The average Bonchev–Trinajstić information content (AvgIpc) is 2.58. The maximum absolute atomic E-state index is 11.4. The maximum Gasteiger partial charge on any atom is 0.322 e. The van der Waals surface area contributed by atoms with Crippen LogP contribution in [0.2, 0.25) is 5.02 Å². The summed E-state index contributed by atoms with van der Waals surface area (Å²) in [5.41, 5.74) is 0.620. The van der Waals surface area contributed by atoms with Crippen LogP contribution in [0.5, 0.6) is 5.75 Å². The van der Waals surface area contributed by atoms with Crippen LogP contribution in [0, 0.1) is 0 Å². The summed E-state index contributed by atoms with van der Waals surface area (Å²) in [6.07, 6.45) is 0. The molecule has 2 N–H and O–H groups in total. The molecule has 5 nitrogen and oxygen atoms in total. The fourth-order valence-electron chi connectivity index (χ4n) is 1.51. The Bertz CT molecular complexity index is 461. The van der Waals surface area contributed by atoms with Crippen molar-refractivity contribution in [2.75, 3.05) is 7.11 Å². The molecule has 0 spiro atoms. The molecule has 1 aromatic rings. The lowest BCUT2D eigenvalue weighted by Crippen LogP contribution is -2.22. The van der Waals surface area contributed by atoms with E-state index in [1.165, 1.54) is 7.11 Å². The normalized spacial score (nSPS) is 19.2. The molecular formula is C10H9ClN2O3. The van der Waals surface area contributed by atoms with E-state index >= 15 is 0 Å². The van der Waals surface area contributed by atoms with Crippen LogP contribution in [0.25, 0.3) is 0 Å². The van der Waals surface area contributed by atoms with Gasteiger partial charge in [-0.2, -0.15) is 0 Å². The van der Waals surface area contributed by atoms with E-state index in [4.69, 9.17) is 16.3 Å². The summed E-state index contributed by atoms with van der Waals surface area (Å²) < 4.78 is 4.99. The Morgan fingerprint density at radius 3 is 2.62 bits per heavy atom. The molecule has 16 heavy (non-hydrogen) atoms. The van der Waals surface area contributed by atoms with Gasteiger partial charge in [0.2, 0.25) is 0 Å². The Labute approximate surface area is 96.7 Å². The lowest BCUT2D eigenvalue weighted by atomic mass is 10.1. The highest BCUT2D eigenvalue weighted by Crippen LogP contribution is 2.28. The van der Waals surface area contributed by atoms with Crippen LogP contribution in [0.3, 0.4) is 0 Å². The predicted octanol–water partition coefficient (Wildman–Crippen LogP) is 1.23. The first kappa shape index (κ1) is 10.8. The summed E-state index contributed by atoms with van der Waals surface area (Å²) in [5.74, 6) is 0.140. The van der Waals surface area contributed by atoms with Crippen LogP contribution in [0.15, 0.2) is 18.2 Å². The Morgan fingerprint density at radius 1 is 1.38 bits per heavy atom. The lowest BCUT2D eigenvalue weighted by molar-refractivity contribution is -0.120. The van der Waals surface area contributed by atoms with Crippen molar-refractivity contribution < 1.29 is 14.3 Å². The average molecular weight is 241 g/mol. The largest absolute Gasteiger partial charge is 0.495 e. The van der Waals surface area contributed by atoms with Crippen LogP contribution < -0.4 is 15.4 Å². The molecule has 2 rings (SSSR count). The second kappa shape index (κ2) is 4.02. The van der Waals surface area contributed by atoms with Crippen molar-refractivity contribution in [2.24, 2.45) is 0 Å². The number of rotatable bonds is 2. The van der Waals surface area contributed by atoms with Gasteiger partial charge in [0, 0.05) is 0 Å². The van der Waals surface area contributed by atoms with Gasteiger partial charge in [-0.1, -0.05) is 17.7 Å². The third kappa shape index (κ3) is 1.81. The van der Waals surface area contributed by atoms with E-state index in [1.807, 2.05) is 0 Å². The first-order valence-electron chi connectivity index (χ1n) is 4.56. The SMILES string of the molecule is COc1ccc([C@@H]2NC(=O)NC2=O)cc1Cl. The zero-order valence-electron chi connectivity index (χ0n) is 8.41. The van der Waals surface area contributed by atoms with Gasteiger partial charge >= 0.3 is 6.03 Å². The van der Waals surface area contributed by atoms with Crippen molar-refractivity contribution >= 4 is 23.5 Å². The molecule has 0 aromatic heterocycles. The van der Waals surface area contributed by atoms with E-state index in [-0.39, 0.29) is 5.91 Å². The molecule has 1 aliphatic rings. The van der Waals surface area contributed by atoms with E-state index < -0.39 is 12.1 Å². The highest BCUT2D eigenvalue weighted by Gasteiger charge is 2.31. The molecule has 3 amide bonds. The minimum absolute atomic E-state index is 0.383. The molecule has 0 saturated carbocycles. The second-order valence-corrected chi connectivity index (χ2v) is 3.70. The molecule has 1 saturated heterocycles. The first-order valence-corrected chi connectivity index (χ1v) is 4.94. The van der Waals surface area contributed by atoms with Gasteiger partial charge in [-0.15, -0.1) is 0 Å². The number of halogens is 1. The van der Waals surface area contributed by atoms with Gasteiger partial charge in [-0.05, 0) is 17.7 Å². The fourth-order valence-corrected chi connectivity index (χ4v) is 1.78. The van der Waals surface area contributed by atoms with E-state index in [9.17, 15) is 9.59 Å². The maximum atomic E-state index is 11.4. The molecule has 0 bridgehead atoms. The van der Waals surface area contributed by atoms with Crippen molar-refractivity contribution in [1.82, 2.24) is 10.6 Å². The van der Waals surface area contributed by atoms with Crippen molar-refractivity contribution in [2.45, 2.75) is 6.04 Å². The number of hydrogen-bond acceptors (Lipinski definition) is 3. The number of benzene rings is 1. The highest BCUT2D eigenvalue weighted by molar-refractivity contribution is 6.32. The minimum Gasteiger partial charge on any atom is -0.495 e. The number of amides is 3. The third-order valence-electron chi connectivity index (χ3n) is 2.28. The number of carbonyl (C=O) groups is 2. The molecule has 1 fully saturated rings. The van der Waals surface area contributed by atoms with Crippen molar-refractivity contribution in [3.8, 4) is 5.75 Å². The summed E-state index contributed by atoms with van der Waals surface area (Å²) >= 11 is 5.92. The summed E-state index contributed by atoms with van der Waals surface area (Å²) in [7, 11) is 1.50. The molecule has 0 aliphatic carbocycles. The number of methoxy groups -OCH3 is 1. The highest BCUT2D eigenvalue weighted by atomic mass is 35.5. The topological polar surface area (TPSA) is 67.4 Å². The van der Waals surface area contributed by atoms with Crippen molar-refractivity contribution in [3.63, 3.8) is 0 Å². The van der Waals surface area contributed by atoms with Gasteiger partial charge in [0.1, 0.15) is 11.8 Å². The van der Waals surface area contributed by atoms with Crippen LogP contribution >= 0.6 is 11.6 Å². The summed E-state index contributed by atoms with van der Waals surface area (Å²) in [6, 6.07) is 3.74. The van der Waals surface area contributed by atoms with Gasteiger partial charge in [-0.3, -0.25) is 10.1 Å². The van der Waals surface area contributed by atoms with Crippen LogP contribution in [-0.2, 0) is 4.79 Å². The molecule has 1 atom stereocenters. The molecule has 1 aromatic carbocycles. The number of carbonyl (C=O) groups excluding carboxylic acids is 2. The van der Waals surface area contributed by atoms with E-state index in [1.54, 1.807) is 18.2 Å². The predicted molar refractivity (Wildman–Crippen MR) is 57.4 cm³/mol. The number of hydrogen-bond donors (Lipinski definition) is 2. The van der Waals surface area contributed by atoms with Gasteiger partial charge in [0.25, 0.3) is 5.91 Å². The van der Waals surface area contributed by atoms with Gasteiger partial charge in [0.15, 0.2) is 0 Å². The number of urea groups is 1. The van der Waals surface area contributed by atoms with Crippen molar-refractivity contribution in [3.05, 3.63) is 28.8 Å².